The summed E-state index contributed by atoms with van der Waals surface area (Å²) in [5.41, 5.74) is 2.25. The molecule has 2 aliphatic heterocycles. The van der Waals surface area contributed by atoms with Gasteiger partial charge in [-0.25, -0.2) is 0 Å². The van der Waals surface area contributed by atoms with Crippen LogP contribution in [0.15, 0.2) is 42.5 Å². The summed E-state index contributed by atoms with van der Waals surface area (Å²) in [6, 6.07) is 13.0. The highest BCUT2D eigenvalue weighted by molar-refractivity contribution is 6.35. The van der Waals surface area contributed by atoms with E-state index in [4.69, 9.17) is 23.2 Å². The van der Waals surface area contributed by atoms with Gasteiger partial charge in [-0.05, 0) is 68.6 Å². The maximum atomic E-state index is 13.1. The molecule has 0 bridgehead atoms. The van der Waals surface area contributed by atoms with Crippen molar-refractivity contribution in [2.24, 2.45) is 5.92 Å². The first-order valence-electron chi connectivity index (χ1n) is 11.9. The van der Waals surface area contributed by atoms with Gasteiger partial charge in [-0.15, -0.1) is 0 Å². The number of piperidine rings is 1. The molecular weight excluding hydrogens is 457 g/mol. The lowest BCUT2D eigenvalue weighted by Gasteiger charge is -2.31. The van der Waals surface area contributed by atoms with Crippen LogP contribution >= 0.6 is 23.2 Å². The van der Waals surface area contributed by atoms with E-state index in [1.54, 1.807) is 6.07 Å². The predicted molar refractivity (Wildman–Crippen MR) is 134 cm³/mol. The largest absolute Gasteiger partial charge is 0.339 e. The molecule has 33 heavy (non-hydrogen) atoms. The van der Waals surface area contributed by atoms with Gasteiger partial charge in [0.05, 0.1) is 11.3 Å². The number of para-hydroxylation sites is 1. The summed E-state index contributed by atoms with van der Waals surface area (Å²) in [5.74, 6) is -0.0546. The molecule has 0 spiro atoms. The van der Waals surface area contributed by atoms with Crippen LogP contribution in [0, 0.1) is 5.92 Å². The molecule has 7 heteroatoms. The SMILES string of the molecule is O=C(Nc1ccccc1C(=O)N1CCCCCC1)C1CCN(Cc2ccc(Cl)cc2Cl)CC1. The Balaban J connectivity index is 1.34. The van der Waals surface area contributed by atoms with Crippen molar-refractivity contribution >= 4 is 40.7 Å². The maximum absolute atomic E-state index is 13.1. The Hall–Kier alpha value is -2.08. The Morgan fingerprint density at radius 3 is 2.30 bits per heavy atom. The highest BCUT2D eigenvalue weighted by Gasteiger charge is 2.27. The van der Waals surface area contributed by atoms with Gasteiger partial charge in [0.2, 0.25) is 5.91 Å². The average Bonchev–Trinajstić information content (AvgIpc) is 3.11. The summed E-state index contributed by atoms with van der Waals surface area (Å²) in [6.07, 6.45) is 5.98. The molecule has 5 nitrogen and oxygen atoms in total. The molecule has 0 aromatic heterocycles. The van der Waals surface area contributed by atoms with Crippen LogP contribution in [-0.2, 0) is 11.3 Å². The second-order valence-corrected chi connectivity index (χ2v) is 9.87. The minimum Gasteiger partial charge on any atom is -0.339 e. The van der Waals surface area contributed by atoms with Gasteiger partial charge in [0.25, 0.3) is 5.91 Å². The molecule has 2 fully saturated rings. The second kappa shape index (κ2) is 11.4. The lowest BCUT2D eigenvalue weighted by Crippen LogP contribution is -2.38. The van der Waals surface area contributed by atoms with E-state index >= 15 is 0 Å². The van der Waals surface area contributed by atoms with E-state index in [1.807, 2.05) is 41.3 Å². The van der Waals surface area contributed by atoms with Crippen LogP contribution < -0.4 is 5.32 Å². The Morgan fingerprint density at radius 1 is 0.909 bits per heavy atom. The summed E-state index contributed by atoms with van der Waals surface area (Å²) in [4.78, 5) is 30.4. The maximum Gasteiger partial charge on any atom is 0.255 e. The van der Waals surface area contributed by atoms with Crippen molar-refractivity contribution in [3.05, 3.63) is 63.6 Å². The third kappa shape index (κ3) is 6.28. The van der Waals surface area contributed by atoms with Gasteiger partial charge in [0, 0.05) is 35.6 Å². The monoisotopic (exact) mass is 487 g/mol. The van der Waals surface area contributed by atoms with Gasteiger partial charge in [-0.2, -0.15) is 0 Å². The number of nitrogens with one attached hydrogen (secondary N) is 1. The first-order chi connectivity index (χ1) is 16.0. The molecule has 0 saturated carbocycles. The van der Waals surface area contributed by atoms with Crippen molar-refractivity contribution in [2.45, 2.75) is 45.1 Å². The molecule has 2 aromatic carbocycles. The molecule has 0 radical (unpaired) electrons. The van der Waals surface area contributed by atoms with Crippen LogP contribution in [0.1, 0.15) is 54.4 Å². The van der Waals surface area contributed by atoms with Crippen LogP contribution in [0.5, 0.6) is 0 Å². The van der Waals surface area contributed by atoms with Crippen molar-refractivity contribution in [2.75, 3.05) is 31.5 Å². The van der Waals surface area contributed by atoms with Crippen molar-refractivity contribution in [1.29, 1.82) is 0 Å². The van der Waals surface area contributed by atoms with Gasteiger partial charge in [0.15, 0.2) is 0 Å². The normalized spacial score (nSPS) is 18.1. The van der Waals surface area contributed by atoms with E-state index < -0.39 is 0 Å². The van der Waals surface area contributed by atoms with E-state index in [1.165, 1.54) is 12.8 Å². The molecular formula is C26H31Cl2N3O2. The number of carbonyl (C=O) groups is 2. The molecule has 2 heterocycles. The molecule has 2 saturated heterocycles. The minimum atomic E-state index is -0.0664. The number of carbonyl (C=O) groups excluding carboxylic acids is 2. The number of hydrogen-bond donors (Lipinski definition) is 1. The molecule has 4 rings (SSSR count). The van der Waals surface area contributed by atoms with Crippen molar-refractivity contribution in [1.82, 2.24) is 9.80 Å². The summed E-state index contributed by atoms with van der Waals surface area (Å²) < 4.78 is 0. The van der Waals surface area contributed by atoms with Gasteiger partial charge in [-0.3, -0.25) is 14.5 Å². The number of amides is 2. The highest BCUT2D eigenvalue weighted by atomic mass is 35.5. The number of likely N-dealkylation sites (tertiary alicyclic amines) is 2. The molecule has 176 valence electrons. The molecule has 0 unspecified atom stereocenters. The quantitative estimate of drug-likeness (QED) is 0.574. The van der Waals surface area contributed by atoms with Crippen molar-refractivity contribution in [3.8, 4) is 0 Å². The zero-order valence-electron chi connectivity index (χ0n) is 18.9. The topological polar surface area (TPSA) is 52.7 Å². The summed E-state index contributed by atoms with van der Waals surface area (Å²) in [5, 5.41) is 4.36. The average molecular weight is 488 g/mol. The molecule has 2 amide bonds. The van der Waals surface area contributed by atoms with E-state index in [0.717, 1.165) is 64.0 Å². The smallest absolute Gasteiger partial charge is 0.255 e. The second-order valence-electron chi connectivity index (χ2n) is 9.03. The Morgan fingerprint density at radius 2 is 1.61 bits per heavy atom. The summed E-state index contributed by atoms with van der Waals surface area (Å²) in [7, 11) is 0. The fourth-order valence-corrected chi connectivity index (χ4v) is 5.17. The van der Waals surface area contributed by atoms with E-state index in [9.17, 15) is 9.59 Å². The molecule has 2 aliphatic rings. The van der Waals surface area contributed by atoms with Crippen molar-refractivity contribution < 1.29 is 9.59 Å². The summed E-state index contributed by atoms with van der Waals surface area (Å²) in [6.45, 7) is 3.97. The Kier molecular flexibility index (Phi) is 8.29. The Bertz CT molecular complexity index is 981. The van der Waals surface area contributed by atoms with Gasteiger partial charge in [0.1, 0.15) is 0 Å². The van der Waals surface area contributed by atoms with Crippen LogP contribution in [0.3, 0.4) is 0 Å². The molecule has 2 aromatic rings. The standard InChI is InChI=1S/C26H31Cl2N3O2/c27-21-10-9-20(23(28)17-21)18-30-15-11-19(12-16-30)25(32)29-24-8-4-3-7-22(24)26(33)31-13-5-1-2-6-14-31/h3-4,7-10,17,19H,1-2,5-6,11-16,18H2,(H,29,32). The summed E-state index contributed by atoms with van der Waals surface area (Å²) >= 11 is 12.3. The molecule has 1 N–H and O–H groups in total. The number of nitrogens with zero attached hydrogens (tertiary/aromatic N) is 2. The van der Waals surface area contributed by atoms with Gasteiger partial charge >= 0.3 is 0 Å². The van der Waals surface area contributed by atoms with Gasteiger partial charge < -0.3 is 10.2 Å². The third-order valence-corrected chi connectivity index (χ3v) is 7.26. The third-order valence-electron chi connectivity index (χ3n) is 6.68. The van der Waals surface area contributed by atoms with Crippen molar-refractivity contribution in [3.63, 3.8) is 0 Å². The zero-order chi connectivity index (χ0) is 23.2. The zero-order valence-corrected chi connectivity index (χ0v) is 20.4. The van der Waals surface area contributed by atoms with E-state index in [-0.39, 0.29) is 17.7 Å². The molecule has 0 atom stereocenters. The number of anilines is 1. The fraction of sp³-hybridized carbons (Fsp3) is 0.462. The van der Waals surface area contributed by atoms with Crippen LogP contribution in [0.2, 0.25) is 10.0 Å². The van der Waals surface area contributed by atoms with Crippen LogP contribution in [0.25, 0.3) is 0 Å². The highest BCUT2D eigenvalue weighted by Crippen LogP contribution is 2.26. The molecule has 0 aliphatic carbocycles. The first-order valence-corrected chi connectivity index (χ1v) is 12.6. The van der Waals surface area contributed by atoms with Crippen LogP contribution in [-0.4, -0.2) is 47.8 Å². The number of benzene rings is 2. The fourth-order valence-electron chi connectivity index (χ4n) is 4.70. The minimum absolute atomic E-state index is 0.00436. The predicted octanol–water partition coefficient (Wildman–Crippen LogP) is 5.86. The first kappa shape index (κ1) is 24.1. The number of hydrogen-bond acceptors (Lipinski definition) is 3. The lowest BCUT2D eigenvalue weighted by atomic mass is 9.95. The number of halogens is 2. The number of rotatable bonds is 5. The van der Waals surface area contributed by atoms with E-state index in [0.29, 0.717) is 21.3 Å². The van der Waals surface area contributed by atoms with Crippen LogP contribution in [0.4, 0.5) is 5.69 Å². The van der Waals surface area contributed by atoms with Gasteiger partial charge in [-0.1, -0.05) is 54.2 Å². The lowest BCUT2D eigenvalue weighted by molar-refractivity contribution is -0.121. The Labute approximate surface area is 206 Å². The van der Waals surface area contributed by atoms with E-state index in [2.05, 4.69) is 10.2 Å².